The number of nitrogens with one attached hydrogen (secondary N) is 8. The van der Waals surface area contributed by atoms with Gasteiger partial charge in [0.1, 0.15) is 0 Å². The molecule has 0 saturated heterocycles. The minimum Gasteiger partial charge on any atom is -0.361 e. The van der Waals surface area contributed by atoms with Crippen LogP contribution >= 0.6 is 24.4 Å². The Kier molecular flexibility index (Phi) is 10.4. The van der Waals surface area contributed by atoms with Crippen LogP contribution in [0.4, 0.5) is 11.4 Å². The van der Waals surface area contributed by atoms with Crippen LogP contribution in [0.15, 0.2) is 122 Å². The molecule has 2 heterocycles. The summed E-state index contributed by atoms with van der Waals surface area (Å²) < 4.78 is 0. The lowest BCUT2D eigenvalue weighted by Crippen LogP contribution is -2.43. The van der Waals surface area contributed by atoms with Gasteiger partial charge in [-0.05, 0) is 122 Å². The van der Waals surface area contributed by atoms with E-state index >= 15 is 0 Å². The zero-order valence-corrected chi connectivity index (χ0v) is 31.4. The summed E-state index contributed by atoms with van der Waals surface area (Å²) in [6, 6.07) is 35.0. The van der Waals surface area contributed by atoms with E-state index in [1.54, 1.807) is 12.1 Å². The first-order valence-corrected chi connectivity index (χ1v) is 18.1. The van der Waals surface area contributed by atoms with Crippen LogP contribution in [0.2, 0.25) is 0 Å². The maximum absolute atomic E-state index is 13.4. The van der Waals surface area contributed by atoms with Crippen molar-refractivity contribution in [1.82, 2.24) is 31.7 Å². The van der Waals surface area contributed by atoms with Crippen LogP contribution in [0.25, 0.3) is 21.8 Å². The molecule has 0 aliphatic heterocycles. The fourth-order valence-electron chi connectivity index (χ4n) is 6.43. The molecule has 2 aromatic heterocycles. The van der Waals surface area contributed by atoms with Gasteiger partial charge in [-0.2, -0.15) is 0 Å². The number of carbonyl (C=O) groups excluding carboxylic acids is 2. The van der Waals surface area contributed by atoms with Crippen LogP contribution in [-0.4, -0.2) is 32.0 Å². The first-order chi connectivity index (χ1) is 26.1. The number of benzene rings is 5. The van der Waals surface area contributed by atoms with Crippen LogP contribution in [0.5, 0.6) is 0 Å². The molecule has 0 spiro atoms. The number of amides is 2. The molecule has 7 aromatic rings. The second-order valence-corrected chi connectivity index (χ2v) is 13.9. The number of aryl methyl sites for hydroxylation is 3. The highest BCUT2D eigenvalue weighted by molar-refractivity contribution is 7.80. The fourth-order valence-corrected chi connectivity index (χ4v) is 6.76. The Morgan fingerprint density at radius 2 is 1.00 bits per heavy atom. The maximum Gasteiger partial charge on any atom is 0.269 e. The van der Waals surface area contributed by atoms with Gasteiger partial charge in [0, 0.05) is 62.6 Å². The summed E-state index contributed by atoms with van der Waals surface area (Å²) in [5, 5.41) is 8.53. The molecule has 5 aromatic carbocycles. The number of para-hydroxylation sites is 2. The van der Waals surface area contributed by atoms with Crippen molar-refractivity contribution in [2.75, 3.05) is 10.6 Å². The molecule has 2 amide bonds. The highest BCUT2D eigenvalue weighted by atomic mass is 32.1. The summed E-state index contributed by atoms with van der Waals surface area (Å²) in [5.74, 6) is -0.928. The quantitative estimate of drug-likeness (QED) is 0.0606. The first-order valence-electron chi connectivity index (χ1n) is 17.3. The molecule has 0 bridgehead atoms. The van der Waals surface area contributed by atoms with Crippen LogP contribution in [0.1, 0.15) is 60.0 Å². The molecule has 12 heteroatoms. The number of H-pyrrole nitrogens is 2. The molecule has 10 nitrogen and oxygen atoms in total. The summed E-state index contributed by atoms with van der Waals surface area (Å²) in [4.78, 5) is 33.6. The lowest BCUT2D eigenvalue weighted by Gasteiger charge is -2.18. The van der Waals surface area contributed by atoms with Gasteiger partial charge in [-0.3, -0.25) is 31.3 Å². The van der Waals surface area contributed by atoms with Crippen LogP contribution in [0.3, 0.4) is 0 Å². The Morgan fingerprint density at radius 1 is 0.556 bits per heavy atom. The van der Waals surface area contributed by atoms with E-state index in [0.717, 1.165) is 66.6 Å². The molecule has 0 saturated carbocycles. The Labute approximate surface area is 323 Å². The molecule has 0 unspecified atom stereocenters. The van der Waals surface area contributed by atoms with E-state index in [4.69, 9.17) is 24.4 Å². The summed E-state index contributed by atoms with van der Waals surface area (Å²) in [5.41, 5.74) is 21.6. The first kappa shape index (κ1) is 35.9. The SMILES string of the molecule is Cc1ccc(C(c2c[nH]c3ccc(C(=O)NNC(=S)Nc4ccccc4C)cc23)c2c[nH]c3ccc(C(=O)NNC(=S)Nc4ccccc4C)cc23)cc1. The van der Waals surface area contributed by atoms with Crippen LogP contribution in [0, 0.1) is 20.8 Å². The van der Waals surface area contributed by atoms with Gasteiger partial charge in [0.25, 0.3) is 11.8 Å². The van der Waals surface area contributed by atoms with Crippen molar-refractivity contribution >= 4 is 79.7 Å². The summed E-state index contributed by atoms with van der Waals surface area (Å²) in [7, 11) is 0. The van der Waals surface area contributed by atoms with Gasteiger partial charge >= 0.3 is 0 Å². The summed E-state index contributed by atoms with van der Waals surface area (Å²) in [6.45, 7) is 6.01. The number of aromatic nitrogens is 2. The number of fused-ring (bicyclic) bond motifs is 2. The Balaban J connectivity index is 1.16. The normalized spacial score (nSPS) is 11.0. The standard InChI is InChI=1S/C42H38N8O2S2/c1-24-12-14-27(15-13-24)38(32-22-43-36-18-16-28(20-30(32)36)39(51)47-49-41(53)45-34-10-6-4-8-25(34)2)33-23-44-37-19-17-29(21-31(33)37)40(52)48-50-42(54)46-35-11-7-5-9-26(35)3/h4-23,38,43-44H,1-3H3,(H,47,51)(H,48,52)(H2,45,49,53)(H2,46,50,54). The Morgan fingerprint density at radius 3 is 1.44 bits per heavy atom. The average Bonchev–Trinajstić information content (AvgIpc) is 3.79. The van der Waals surface area contributed by atoms with Gasteiger partial charge in [0.05, 0.1) is 0 Å². The van der Waals surface area contributed by atoms with Crippen molar-refractivity contribution in [1.29, 1.82) is 0 Å². The zero-order valence-electron chi connectivity index (χ0n) is 29.8. The Bertz CT molecular complexity index is 2390. The van der Waals surface area contributed by atoms with E-state index in [-0.39, 0.29) is 28.0 Å². The third-order valence-electron chi connectivity index (χ3n) is 9.35. The molecule has 0 radical (unpaired) electrons. The van der Waals surface area contributed by atoms with E-state index in [0.29, 0.717) is 11.1 Å². The van der Waals surface area contributed by atoms with Gasteiger partial charge in [-0.15, -0.1) is 0 Å². The van der Waals surface area contributed by atoms with Crippen LogP contribution in [-0.2, 0) is 0 Å². The molecule has 0 aliphatic carbocycles. The predicted octanol–water partition coefficient (Wildman–Crippen LogP) is 8.02. The third kappa shape index (κ3) is 7.80. The molecular weight excluding hydrogens is 713 g/mol. The molecule has 0 fully saturated rings. The molecule has 0 atom stereocenters. The topological polar surface area (TPSA) is 138 Å². The number of carbonyl (C=O) groups is 2. The molecule has 7 rings (SSSR count). The Hall–Kier alpha value is -6.50. The average molecular weight is 751 g/mol. The van der Waals surface area contributed by atoms with Gasteiger partial charge in [0.2, 0.25) is 0 Å². The second-order valence-electron chi connectivity index (χ2n) is 13.0. The minimum absolute atomic E-state index is 0.252. The highest BCUT2D eigenvalue weighted by Crippen LogP contribution is 2.40. The molecular formula is C42H38N8O2S2. The predicted molar refractivity (Wildman–Crippen MR) is 225 cm³/mol. The number of hydrazine groups is 2. The van der Waals surface area contributed by atoms with Crippen molar-refractivity contribution in [2.24, 2.45) is 0 Å². The maximum atomic E-state index is 13.4. The number of thiocarbonyl (C=S) groups is 2. The molecule has 270 valence electrons. The number of hydrogen-bond donors (Lipinski definition) is 8. The zero-order chi connectivity index (χ0) is 37.8. The van der Waals surface area contributed by atoms with E-state index in [9.17, 15) is 9.59 Å². The van der Waals surface area contributed by atoms with Gasteiger partial charge in [-0.1, -0.05) is 66.2 Å². The third-order valence-corrected chi connectivity index (χ3v) is 9.76. The lowest BCUT2D eigenvalue weighted by molar-refractivity contribution is 0.0936. The largest absolute Gasteiger partial charge is 0.361 e. The lowest BCUT2D eigenvalue weighted by atomic mass is 9.84. The summed E-state index contributed by atoms with van der Waals surface area (Å²) in [6.07, 6.45) is 3.97. The van der Waals surface area contributed by atoms with Gasteiger partial charge in [0.15, 0.2) is 10.2 Å². The molecule has 0 aliphatic rings. The van der Waals surface area contributed by atoms with Crippen molar-refractivity contribution in [2.45, 2.75) is 26.7 Å². The van der Waals surface area contributed by atoms with Crippen molar-refractivity contribution < 1.29 is 9.59 Å². The number of aromatic amines is 2. The van der Waals surface area contributed by atoms with Gasteiger partial charge < -0.3 is 20.6 Å². The van der Waals surface area contributed by atoms with E-state index in [1.807, 2.05) is 99.0 Å². The van der Waals surface area contributed by atoms with Crippen molar-refractivity contribution in [3.8, 4) is 0 Å². The molecule has 8 N–H and O–H groups in total. The monoisotopic (exact) mass is 750 g/mol. The smallest absolute Gasteiger partial charge is 0.269 e. The van der Waals surface area contributed by atoms with Crippen molar-refractivity contribution in [3.63, 3.8) is 0 Å². The van der Waals surface area contributed by atoms with Gasteiger partial charge in [-0.25, -0.2) is 0 Å². The second kappa shape index (κ2) is 15.6. The molecule has 54 heavy (non-hydrogen) atoms. The van der Waals surface area contributed by atoms with Crippen LogP contribution < -0.4 is 32.3 Å². The van der Waals surface area contributed by atoms with E-state index in [2.05, 4.69) is 73.5 Å². The van der Waals surface area contributed by atoms with Crippen molar-refractivity contribution in [3.05, 3.63) is 166 Å². The fraction of sp³-hybridized carbons (Fsp3) is 0.0952. The van der Waals surface area contributed by atoms with E-state index in [1.165, 1.54) is 0 Å². The highest BCUT2D eigenvalue weighted by Gasteiger charge is 2.25. The number of anilines is 2. The van der Waals surface area contributed by atoms with E-state index < -0.39 is 0 Å². The minimum atomic E-state index is -0.338. The summed E-state index contributed by atoms with van der Waals surface area (Å²) >= 11 is 10.9. The number of rotatable bonds is 7. The number of hydrogen-bond acceptors (Lipinski definition) is 4.